The maximum atomic E-state index is 6.13. The van der Waals surface area contributed by atoms with E-state index in [1.807, 2.05) is 0 Å². The van der Waals surface area contributed by atoms with E-state index in [2.05, 4.69) is 39.8 Å². The van der Waals surface area contributed by atoms with Gasteiger partial charge in [0.05, 0.1) is 11.7 Å². The average molecular weight is 194 g/mol. The molecule has 0 aromatic heterocycles. The fraction of sp³-hybridized carbons (Fsp3) is 0.846. The van der Waals surface area contributed by atoms with E-state index in [1.54, 1.807) is 0 Å². The summed E-state index contributed by atoms with van der Waals surface area (Å²) >= 11 is 0. The van der Waals surface area contributed by atoms with E-state index in [1.165, 1.54) is 19.3 Å². The zero-order chi connectivity index (χ0) is 10.4. The molecule has 3 atom stereocenters. The summed E-state index contributed by atoms with van der Waals surface area (Å²) in [4.78, 5) is 0. The molecule has 0 saturated carbocycles. The second kappa shape index (κ2) is 3.10. The Balaban J connectivity index is 2.29. The molecule has 2 aliphatic rings. The third kappa shape index (κ3) is 1.52. The van der Waals surface area contributed by atoms with Crippen LogP contribution < -0.4 is 0 Å². The first-order valence-electron chi connectivity index (χ1n) is 5.79. The molecule has 1 aliphatic heterocycles. The number of hydrogen-bond donors (Lipinski definition) is 0. The third-order valence-electron chi connectivity index (χ3n) is 4.04. The summed E-state index contributed by atoms with van der Waals surface area (Å²) in [6.07, 6.45) is 8.75. The molecular formula is C13H22O. The van der Waals surface area contributed by atoms with Crippen LogP contribution in [-0.4, -0.2) is 11.7 Å². The molecule has 0 spiro atoms. The van der Waals surface area contributed by atoms with E-state index in [9.17, 15) is 0 Å². The fourth-order valence-electron chi connectivity index (χ4n) is 3.32. The lowest BCUT2D eigenvalue weighted by Gasteiger charge is -2.51. The highest BCUT2D eigenvalue weighted by Crippen LogP contribution is 2.49. The van der Waals surface area contributed by atoms with Gasteiger partial charge >= 0.3 is 0 Å². The molecule has 3 unspecified atom stereocenters. The summed E-state index contributed by atoms with van der Waals surface area (Å²) in [5, 5.41) is 0. The summed E-state index contributed by atoms with van der Waals surface area (Å²) < 4.78 is 6.13. The Morgan fingerprint density at radius 1 is 1.21 bits per heavy atom. The number of hydrogen-bond acceptors (Lipinski definition) is 1. The first kappa shape index (κ1) is 10.2. The molecule has 1 nitrogen and oxygen atoms in total. The van der Waals surface area contributed by atoms with Crippen LogP contribution in [0.5, 0.6) is 0 Å². The van der Waals surface area contributed by atoms with E-state index in [0.717, 1.165) is 0 Å². The van der Waals surface area contributed by atoms with Crippen molar-refractivity contribution in [2.24, 2.45) is 11.3 Å². The summed E-state index contributed by atoms with van der Waals surface area (Å²) in [7, 11) is 0. The molecule has 1 heteroatoms. The van der Waals surface area contributed by atoms with E-state index >= 15 is 0 Å². The van der Waals surface area contributed by atoms with Crippen LogP contribution in [0.3, 0.4) is 0 Å². The van der Waals surface area contributed by atoms with E-state index in [0.29, 0.717) is 17.4 Å². The molecule has 0 aromatic rings. The molecule has 1 fully saturated rings. The molecular weight excluding hydrogens is 172 g/mol. The smallest absolute Gasteiger partial charge is 0.0871 e. The molecule has 14 heavy (non-hydrogen) atoms. The zero-order valence-corrected chi connectivity index (χ0v) is 9.84. The highest BCUT2D eigenvalue weighted by molar-refractivity contribution is 5.14. The molecule has 1 saturated heterocycles. The zero-order valence-electron chi connectivity index (χ0n) is 9.84. The Bertz CT molecular complexity index is 254. The van der Waals surface area contributed by atoms with Crippen molar-refractivity contribution in [3.8, 4) is 0 Å². The van der Waals surface area contributed by atoms with Gasteiger partial charge in [0.15, 0.2) is 0 Å². The van der Waals surface area contributed by atoms with Gasteiger partial charge in [0.25, 0.3) is 0 Å². The minimum atomic E-state index is -0.000579. The van der Waals surface area contributed by atoms with E-state index in [-0.39, 0.29) is 5.60 Å². The van der Waals surface area contributed by atoms with Gasteiger partial charge in [-0.05, 0) is 44.4 Å². The number of fused-ring (bicyclic) bond motifs is 1. The molecule has 0 bridgehead atoms. The van der Waals surface area contributed by atoms with Crippen molar-refractivity contribution in [3.05, 3.63) is 12.2 Å². The van der Waals surface area contributed by atoms with Gasteiger partial charge in [-0.15, -0.1) is 0 Å². The van der Waals surface area contributed by atoms with Crippen LogP contribution in [-0.2, 0) is 4.74 Å². The minimum Gasteiger partial charge on any atom is -0.368 e. The van der Waals surface area contributed by atoms with Gasteiger partial charge < -0.3 is 4.74 Å². The molecule has 0 amide bonds. The molecule has 2 rings (SSSR count). The van der Waals surface area contributed by atoms with Crippen LogP contribution >= 0.6 is 0 Å². The predicted molar refractivity (Wildman–Crippen MR) is 59.2 cm³/mol. The maximum Gasteiger partial charge on any atom is 0.0871 e. The molecule has 1 heterocycles. The van der Waals surface area contributed by atoms with Crippen LogP contribution in [0.4, 0.5) is 0 Å². The second-order valence-corrected chi connectivity index (χ2v) is 5.84. The molecule has 0 aromatic carbocycles. The fourth-order valence-corrected chi connectivity index (χ4v) is 3.32. The van der Waals surface area contributed by atoms with Crippen molar-refractivity contribution < 1.29 is 4.74 Å². The van der Waals surface area contributed by atoms with Crippen LogP contribution in [0.2, 0.25) is 0 Å². The first-order valence-corrected chi connectivity index (χ1v) is 5.79. The quantitative estimate of drug-likeness (QED) is 0.536. The number of ether oxygens (including phenoxy) is 1. The Hall–Kier alpha value is -0.300. The van der Waals surface area contributed by atoms with Crippen molar-refractivity contribution in [3.63, 3.8) is 0 Å². The predicted octanol–water partition coefficient (Wildman–Crippen LogP) is 3.55. The topological polar surface area (TPSA) is 9.23 Å². The average Bonchev–Trinajstić information content (AvgIpc) is 2.00. The Kier molecular flexibility index (Phi) is 2.26. The Morgan fingerprint density at radius 3 is 2.64 bits per heavy atom. The van der Waals surface area contributed by atoms with E-state index in [4.69, 9.17) is 4.74 Å². The second-order valence-electron chi connectivity index (χ2n) is 5.84. The summed E-state index contributed by atoms with van der Waals surface area (Å²) in [5.74, 6) is 0.691. The van der Waals surface area contributed by atoms with Gasteiger partial charge in [0.2, 0.25) is 0 Å². The van der Waals surface area contributed by atoms with Crippen LogP contribution in [0.25, 0.3) is 0 Å². The lowest BCUT2D eigenvalue weighted by Crippen LogP contribution is -2.51. The number of allylic oxidation sites excluding steroid dienone is 1. The van der Waals surface area contributed by atoms with Crippen molar-refractivity contribution in [2.45, 2.75) is 58.7 Å². The van der Waals surface area contributed by atoms with Gasteiger partial charge in [-0.3, -0.25) is 0 Å². The maximum absolute atomic E-state index is 6.13. The lowest BCUT2D eigenvalue weighted by atomic mass is 9.62. The van der Waals surface area contributed by atoms with Crippen molar-refractivity contribution in [1.82, 2.24) is 0 Å². The molecule has 80 valence electrons. The highest BCUT2D eigenvalue weighted by atomic mass is 16.5. The summed E-state index contributed by atoms with van der Waals surface area (Å²) in [6.45, 7) is 9.19. The SMILES string of the molecule is CC1CCC2C(C)(C)CC=CC2(C)O1. The highest BCUT2D eigenvalue weighted by Gasteiger charge is 2.47. The van der Waals surface area contributed by atoms with Gasteiger partial charge in [-0.1, -0.05) is 26.0 Å². The lowest BCUT2D eigenvalue weighted by molar-refractivity contribution is -0.150. The normalized spacial score (nSPS) is 46.0. The van der Waals surface area contributed by atoms with Crippen LogP contribution in [0, 0.1) is 11.3 Å². The van der Waals surface area contributed by atoms with Gasteiger partial charge in [0, 0.05) is 0 Å². The van der Waals surface area contributed by atoms with Gasteiger partial charge in [0.1, 0.15) is 0 Å². The Labute approximate surface area is 87.5 Å². The summed E-state index contributed by atoms with van der Waals surface area (Å²) in [6, 6.07) is 0. The van der Waals surface area contributed by atoms with E-state index < -0.39 is 0 Å². The Morgan fingerprint density at radius 2 is 1.93 bits per heavy atom. The standard InChI is InChI=1S/C13H22O/c1-10-6-7-11-12(2,3)8-5-9-13(11,4)14-10/h5,9-11H,6-8H2,1-4H3. The number of rotatable bonds is 0. The third-order valence-corrected chi connectivity index (χ3v) is 4.04. The van der Waals surface area contributed by atoms with Gasteiger partial charge in [-0.2, -0.15) is 0 Å². The van der Waals surface area contributed by atoms with Crippen molar-refractivity contribution in [2.75, 3.05) is 0 Å². The summed E-state index contributed by atoms with van der Waals surface area (Å²) in [5.41, 5.74) is 0.406. The largest absolute Gasteiger partial charge is 0.368 e. The first-order chi connectivity index (χ1) is 6.44. The van der Waals surface area contributed by atoms with Crippen LogP contribution in [0.1, 0.15) is 47.0 Å². The monoisotopic (exact) mass is 194 g/mol. The van der Waals surface area contributed by atoms with Gasteiger partial charge in [-0.25, -0.2) is 0 Å². The molecule has 1 aliphatic carbocycles. The molecule has 0 N–H and O–H groups in total. The molecule has 0 radical (unpaired) electrons. The van der Waals surface area contributed by atoms with Crippen molar-refractivity contribution >= 4 is 0 Å². The van der Waals surface area contributed by atoms with Crippen molar-refractivity contribution in [1.29, 1.82) is 0 Å². The van der Waals surface area contributed by atoms with Crippen LogP contribution in [0.15, 0.2) is 12.2 Å². The minimum absolute atomic E-state index is 0.000579.